The Balaban J connectivity index is 0.00000342. The average Bonchev–Trinajstić information content (AvgIpc) is 3.21. The summed E-state index contributed by atoms with van der Waals surface area (Å²) in [6.07, 6.45) is 2.99. The number of nitrogens with one attached hydrogen (secondary N) is 1. The summed E-state index contributed by atoms with van der Waals surface area (Å²) in [6, 6.07) is 17.3. The van der Waals surface area contributed by atoms with Crippen LogP contribution in [0.5, 0.6) is 5.75 Å². The third-order valence-corrected chi connectivity index (χ3v) is 7.52. The summed E-state index contributed by atoms with van der Waals surface area (Å²) in [5.41, 5.74) is 3.61. The van der Waals surface area contributed by atoms with Crippen LogP contribution in [0.25, 0.3) is 12.2 Å². The predicted octanol–water partition coefficient (Wildman–Crippen LogP) is -3.02. The van der Waals surface area contributed by atoms with E-state index in [1.165, 1.54) is 18.2 Å². The molecule has 0 saturated carbocycles. The van der Waals surface area contributed by atoms with Gasteiger partial charge in [-0.25, -0.2) is 27.1 Å². The van der Waals surface area contributed by atoms with Gasteiger partial charge in [0.25, 0.3) is 0 Å². The molecule has 0 fully saturated rings. The zero-order chi connectivity index (χ0) is 24.5. The smallest absolute Gasteiger partial charge is 1.00 e. The van der Waals surface area contributed by atoms with E-state index < -0.39 is 20.0 Å². The normalized spacial score (nSPS) is 15.1. The predicted molar refractivity (Wildman–Crippen MR) is 133 cm³/mol. The maximum absolute atomic E-state index is 12.4. The fourth-order valence-electron chi connectivity index (χ4n) is 4.05. The summed E-state index contributed by atoms with van der Waals surface area (Å²) < 4.78 is 54.4. The van der Waals surface area contributed by atoms with Crippen LogP contribution in [0.15, 0.2) is 70.5 Å². The molecule has 1 aliphatic rings. The summed E-state index contributed by atoms with van der Waals surface area (Å²) in [6.45, 7) is 2.83. The second-order valence-corrected chi connectivity index (χ2v) is 10.9. The SMILES string of the molecule is CCOc1ccc(C=Cc2ccc(C3NCc4ccccc43)cc2S(N)(=O)=O)c(S(N)(=O)=O)c1.[H-].[H-].[Na+].[Na+]. The number of nitrogens with two attached hydrogens (primary N) is 2. The number of hydrogen-bond donors (Lipinski definition) is 3. The molecule has 4 rings (SSSR count). The number of rotatable bonds is 7. The monoisotopic (exact) mass is 547 g/mol. The quantitative estimate of drug-likeness (QED) is 0.212. The van der Waals surface area contributed by atoms with E-state index in [1.807, 2.05) is 30.3 Å². The minimum absolute atomic E-state index is 0. The molecule has 8 nitrogen and oxygen atoms in total. The van der Waals surface area contributed by atoms with E-state index in [1.54, 1.807) is 31.2 Å². The molecule has 1 aliphatic heterocycles. The standard InChI is InChI=1S/C24H25N3O5S2.2Na.2H/c1-2-32-20-12-11-17(23(14-20)34(26,30)31)8-7-16-9-10-18(13-22(16)33(25,28)29)24-21-6-4-3-5-19(21)15-27-24;;;;/h3-14,24,27H,2,15H2,1H3,(H2,25,28,29)(H2,26,30,31);;;;/q;2*+1;2*-1. The maximum Gasteiger partial charge on any atom is 1.00 e. The minimum atomic E-state index is -4.06. The van der Waals surface area contributed by atoms with Gasteiger partial charge in [0.1, 0.15) is 5.75 Å². The molecular formula is C24H27N3Na2O5S2. The second kappa shape index (κ2) is 12.7. The topological polar surface area (TPSA) is 142 Å². The first kappa shape index (κ1) is 31.2. The van der Waals surface area contributed by atoms with Crippen LogP contribution in [0.1, 0.15) is 43.6 Å². The van der Waals surface area contributed by atoms with Crippen LogP contribution in [-0.4, -0.2) is 23.4 Å². The van der Waals surface area contributed by atoms with Gasteiger partial charge in [-0.05, 0) is 52.9 Å². The third-order valence-electron chi connectivity index (χ3n) is 5.59. The zero-order valence-electron chi connectivity index (χ0n) is 22.4. The van der Waals surface area contributed by atoms with Crippen LogP contribution in [0, 0.1) is 0 Å². The van der Waals surface area contributed by atoms with E-state index in [9.17, 15) is 16.8 Å². The molecule has 0 saturated heterocycles. The van der Waals surface area contributed by atoms with Crippen LogP contribution in [-0.2, 0) is 26.6 Å². The molecule has 1 unspecified atom stereocenters. The summed E-state index contributed by atoms with van der Waals surface area (Å²) >= 11 is 0. The Kier molecular flexibility index (Phi) is 11.0. The first-order chi connectivity index (χ1) is 16.1. The Bertz CT molecular complexity index is 1500. The first-order valence-corrected chi connectivity index (χ1v) is 13.6. The molecule has 36 heavy (non-hydrogen) atoms. The van der Waals surface area contributed by atoms with E-state index in [0.717, 1.165) is 16.7 Å². The van der Waals surface area contributed by atoms with Crippen molar-refractivity contribution in [2.24, 2.45) is 10.3 Å². The van der Waals surface area contributed by atoms with Crippen LogP contribution in [0.3, 0.4) is 0 Å². The summed E-state index contributed by atoms with van der Waals surface area (Å²) in [5, 5.41) is 14.3. The Hall–Kier alpha value is -1.02. The molecule has 0 radical (unpaired) electrons. The van der Waals surface area contributed by atoms with E-state index in [0.29, 0.717) is 30.0 Å². The second-order valence-electron chi connectivity index (χ2n) is 7.87. The van der Waals surface area contributed by atoms with Crippen LogP contribution >= 0.6 is 0 Å². The van der Waals surface area contributed by atoms with Gasteiger partial charge in [-0.3, -0.25) is 0 Å². The maximum atomic E-state index is 12.4. The van der Waals surface area contributed by atoms with E-state index in [4.69, 9.17) is 15.0 Å². The first-order valence-electron chi connectivity index (χ1n) is 10.5. The minimum Gasteiger partial charge on any atom is -1.00 e. The molecule has 0 aromatic heterocycles. The molecule has 3 aromatic rings. The summed E-state index contributed by atoms with van der Waals surface area (Å²) in [7, 11) is -8.11. The molecule has 0 amide bonds. The Morgan fingerprint density at radius 2 is 1.50 bits per heavy atom. The molecule has 3 aromatic carbocycles. The van der Waals surface area contributed by atoms with Crippen molar-refractivity contribution in [3.63, 3.8) is 0 Å². The molecule has 1 heterocycles. The fourth-order valence-corrected chi connectivity index (χ4v) is 5.56. The molecule has 1 atom stereocenters. The summed E-state index contributed by atoms with van der Waals surface area (Å²) in [4.78, 5) is -0.189. The van der Waals surface area contributed by atoms with E-state index in [2.05, 4.69) is 5.32 Å². The number of benzene rings is 3. The Labute approximate surface area is 259 Å². The largest absolute Gasteiger partial charge is 1.00 e. The Morgan fingerprint density at radius 3 is 2.11 bits per heavy atom. The molecule has 0 aliphatic carbocycles. The molecule has 0 spiro atoms. The molecular weight excluding hydrogens is 520 g/mol. The van der Waals surface area contributed by atoms with Gasteiger partial charge in [0.2, 0.25) is 20.0 Å². The average molecular weight is 548 g/mol. The van der Waals surface area contributed by atoms with Crippen molar-refractivity contribution in [1.29, 1.82) is 0 Å². The van der Waals surface area contributed by atoms with E-state index in [-0.39, 0.29) is 77.8 Å². The van der Waals surface area contributed by atoms with Crippen molar-refractivity contribution < 1.29 is 83.5 Å². The molecule has 5 N–H and O–H groups in total. The fraction of sp³-hybridized carbons (Fsp3) is 0.167. The van der Waals surface area contributed by atoms with E-state index >= 15 is 0 Å². The molecule has 0 bridgehead atoms. The number of primary sulfonamides is 2. The van der Waals surface area contributed by atoms with Gasteiger partial charge < -0.3 is 12.9 Å². The number of ether oxygens (including phenoxy) is 1. The zero-order valence-corrected chi connectivity index (χ0v) is 26.1. The van der Waals surface area contributed by atoms with Crippen LogP contribution < -0.4 is 79.4 Å². The van der Waals surface area contributed by atoms with Crippen molar-refractivity contribution >= 4 is 32.2 Å². The van der Waals surface area contributed by atoms with Crippen molar-refractivity contribution in [3.8, 4) is 5.75 Å². The van der Waals surface area contributed by atoms with Crippen molar-refractivity contribution in [1.82, 2.24) is 5.32 Å². The van der Waals surface area contributed by atoms with Gasteiger partial charge >= 0.3 is 59.1 Å². The summed E-state index contributed by atoms with van der Waals surface area (Å²) in [5.74, 6) is 0.364. The number of fused-ring (bicyclic) bond motifs is 1. The van der Waals surface area contributed by atoms with Gasteiger partial charge in [-0.1, -0.05) is 48.6 Å². The van der Waals surface area contributed by atoms with Gasteiger partial charge in [0, 0.05) is 12.6 Å². The van der Waals surface area contributed by atoms with Crippen molar-refractivity contribution in [3.05, 3.63) is 88.5 Å². The van der Waals surface area contributed by atoms with Crippen molar-refractivity contribution in [2.45, 2.75) is 29.3 Å². The van der Waals surface area contributed by atoms with Gasteiger partial charge in [0.05, 0.1) is 22.4 Å². The van der Waals surface area contributed by atoms with Crippen LogP contribution in [0.4, 0.5) is 0 Å². The van der Waals surface area contributed by atoms with Crippen LogP contribution in [0.2, 0.25) is 0 Å². The molecule has 12 heteroatoms. The molecule has 182 valence electrons. The van der Waals surface area contributed by atoms with Crippen molar-refractivity contribution in [2.75, 3.05) is 6.61 Å². The Morgan fingerprint density at radius 1 is 0.917 bits per heavy atom. The number of sulfonamides is 2. The van der Waals surface area contributed by atoms with Gasteiger partial charge in [0.15, 0.2) is 0 Å². The van der Waals surface area contributed by atoms with Gasteiger partial charge in [-0.2, -0.15) is 0 Å². The van der Waals surface area contributed by atoms with Gasteiger partial charge in [-0.15, -0.1) is 0 Å². The number of hydrogen-bond acceptors (Lipinski definition) is 6. The third kappa shape index (κ3) is 7.09.